The van der Waals surface area contributed by atoms with Crippen molar-refractivity contribution in [3.05, 3.63) is 42.0 Å². The van der Waals surface area contributed by atoms with Gasteiger partial charge in [0.25, 0.3) is 0 Å². The molecule has 2 atom stereocenters. The van der Waals surface area contributed by atoms with E-state index in [-0.39, 0.29) is 0 Å². The third kappa shape index (κ3) is 7.24. The lowest BCUT2D eigenvalue weighted by molar-refractivity contribution is -0.104. The molecule has 1 saturated heterocycles. The van der Waals surface area contributed by atoms with Crippen LogP contribution in [0.3, 0.4) is 0 Å². The van der Waals surface area contributed by atoms with Crippen LogP contribution < -0.4 is 0 Å². The molecule has 2 unspecified atom stereocenters. The SMILES string of the molecule is CCC1CCC(CCCl)N(C)C1.O=C/C=C/c1ccccc1. The van der Waals surface area contributed by atoms with Crippen LogP contribution in [0.2, 0.25) is 0 Å². The molecule has 2 rings (SSSR count). The molecular formula is C19H28ClNO. The van der Waals surface area contributed by atoms with E-state index in [9.17, 15) is 4.79 Å². The minimum absolute atomic E-state index is 0.755. The van der Waals surface area contributed by atoms with Crippen molar-refractivity contribution in [1.82, 2.24) is 4.90 Å². The molecule has 0 bridgehead atoms. The van der Waals surface area contributed by atoms with Gasteiger partial charge in [0.05, 0.1) is 0 Å². The number of alkyl halides is 1. The van der Waals surface area contributed by atoms with Crippen LogP contribution in [0.5, 0.6) is 0 Å². The standard InChI is InChI=1S/C10H20ClN.C9H8O/c1-3-9-4-5-10(6-7-11)12(2)8-9;10-8-4-7-9-5-2-1-3-6-9/h9-10H,3-8H2,1-2H3;1-8H/b;7-4+. The van der Waals surface area contributed by atoms with Crippen molar-refractivity contribution in [3.8, 4) is 0 Å². The summed E-state index contributed by atoms with van der Waals surface area (Å²) in [5.74, 6) is 1.74. The van der Waals surface area contributed by atoms with E-state index in [4.69, 9.17) is 11.6 Å². The number of carbonyl (C=O) groups excluding carboxylic acids is 1. The molecule has 2 nitrogen and oxygen atoms in total. The summed E-state index contributed by atoms with van der Waals surface area (Å²) in [5, 5.41) is 0. The zero-order valence-electron chi connectivity index (χ0n) is 13.7. The van der Waals surface area contributed by atoms with E-state index < -0.39 is 0 Å². The normalized spacial score (nSPS) is 22.1. The molecule has 0 aliphatic carbocycles. The number of aldehydes is 1. The molecule has 1 heterocycles. The highest BCUT2D eigenvalue weighted by Crippen LogP contribution is 2.24. The average Bonchev–Trinajstić information content (AvgIpc) is 2.56. The van der Waals surface area contributed by atoms with Gasteiger partial charge in [-0.3, -0.25) is 4.79 Å². The molecule has 0 amide bonds. The number of hydrogen-bond acceptors (Lipinski definition) is 2. The van der Waals surface area contributed by atoms with Crippen LogP contribution in [0, 0.1) is 5.92 Å². The Kier molecular flexibility index (Phi) is 9.85. The molecule has 0 aromatic heterocycles. The summed E-state index contributed by atoms with van der Waals surface area (Å²) in [7, 11) is 2.24. The van der Waals surface area contributed by atoms with Crippen LogP contribution >= 0.6 is 11.6 Å². The second-order valence-electron chi connectivity index (χ2n) is 5.83. The van der Waals surface area contributed by atoms with Crippen molar-refractivity contribution in [2.45, 2.75) is 38.6 Å². The first-order chi connectivity index (χ1) is 10.7. The van der Waals surface area contributed by atoms with Crippen molar-refractivity contribution in [2.24, 2.45) is 5.92 Å². The fraction of sp³-hybridized carbons (Fsp3) is 0.526. The number of nitrogens with zero attached hydrogens (tertiary/aromatic N) is 1. The number of hydrogen-bond donors (Lipinski definition) is 0. The fourth-order valence-electron chi connectivity index (χ4n) is 2.83. The summed E-state index contributed by atoms with van der Waals surface area (Å²) >= 11 is 5.74. The van der Waals surface area contributed by atoms with Gasteiger partial charge in [0.2, 0.25) is 0 Å². The molecular weight excluding hydrogens is 294 g/mol. The Morgan fingerprint density at radius 2 is 2.00 bits per heavy atom. The van der Waals surface area contributed by atoms with Gasteiger partial charge in [-0.05, 0) is 43.9 Å². The smallest absolute Gasteiger partial charge is 0.142 e. The first-order valence-corrected chi connectivity index (χ1v) is 8.67. The van der Waals surface area contributed by atoms with Gasteiger partial charge in [-0.2, -0.15) is 0 Å². The molecule has 122 valence electrons. The average molecular weight is 322 g/mol. The van der Waals surface area contributed by atoms with Crippen molar-refractivity contribution < 1.29 is 4.79 Å². The second kappa shape index (κ2) is 11.4. The van der Waals surface area contributed by atoms with Crippen LogP contribution in [0.1, 0.15) is 38.2 Å². The maximum atomic E-state index is 9.89. The van der Waals surface area contributed by atoms with Crippen molar-refractivity contribution in [2.75, 3.05) is 19.5 Å². The number of carbonyl (C=O) groups is 1. The van der Waals surface area contributed by atoms with E-state index in [2.05, 4.69) is 18.9 Å². The number of rotatable bonds is 5. The van der Waals surface area contributed by atoms with Gasteiger partial charge in [-0.15, -0.1) is 11.6 Å². The molecule has 3 heteroatoms. The minimum Gasteiger partial charge on any atom is -0.303 e. The van der Waals surface area contributed by atoms with Gasteiger partial charge >= 0.3 is 0 Å². The maximum Gasteiger partial charge on any atom is 0.142 e. The third-order valence-electron chi connectivity index (χ3n) is 4.26. The summed E-state index contributed by atoms with van der Waals surface area (Å²) in [6.45, 7) is 3.57. The monoisotopic (exact) mass is 321 g/mol. The second-order valence-corrected chi connectivity index (χ2v) is 6.21. The molecule has 1 fully saturated rings. The summed E-state index contributed by atoms with van der Waals surface area (Å²) in [6, 6.07) is 10.5. The van der Waals surface area contributed by atoms with Crippen molar-refractivity contribution in [1.29, 1.82) is 0 Å². The predicted octanol–water partition coefficient (Wildman–Crippen LogP) is 4.63. The molecule has 0 radical (unpaired) electrons. The van der Waals surface area contributed by atoms with E-state index in [1.54, 1.807) is 6.08 Å². The van der Waals surface area contributed by atoms with Gasteiger partial charge < -0.3 is 4.90 Å². The topological polar surface area (TPSA) is 20.3 Å². The van der Waals surface area contributed by atoms with Crippen LogP contribution in [-0.4, -0.2) is 36.7 Å². The quantitative estimate of drug-likeness (QED) is 0.447. The van der Waals surface area contributed by atoms with Crippen LogP contribution in [-0.2, 0) is 4.79 Å². The highest BCUT2D eigenvalue weighted by molar-refractivity contribution is 6.17. The Labute approximate surface area is 140 Å². The lowest BCUT2D eigenvalue weighted by atomic mass is 9.90. The first-order valence-electron chi connectivity index (χ1n) is 8.14. The highest BCUT2D eigenvalue weighted by atomic mass is 35.5. The van der Waals surface area contributed by atoms with E-state index in [0.29, 0.717) is 0 Å². The van der Waals surface area contributed by atoms with Gasteiger partial charge in [-0.1, -0.05) is 49.8 Å². The zero-order valence-corrected chi connectivity index (χ0v) is 14.5. The van der Waals surface area contributed by atoms with Gasteiger partial charge in [0.1, 0.15) is 6.29 Å². The maximum absolute atomic E-state index is 9.89. The molecule has 1 aromatic rings. The zero-order chi connectivity index (χ0) is 16.2. The number of halogens is 1. The van der Waals surface area contributed by atoms with Gasteiger partial charge in [-0.25, -0.2) is 0 Å². The molecule has 0 saturated carbocycles. The Morgan fingerprint density at radius 1 is 1.27 bits per heavy atom. The Balaban J connectivity index is 0.000000224. The van der Waals surface area contributed by atoms with Crippen LogP contribution in [0.4, 0.5) is 0 Å². The summed E-state index contributed by atoms with van der Waals surface area (Å²) in [6.07, 6.45) is 9.27. The highest BCUT2D eigenvalue weighted by Gasteiger charge is 2.23. The number of piperidine rings is 1. The largest absolute Gasteiger partial charge is 0.303 e. The number of benzene rings is 1. The van der Waals surface area contributed by atoms with Gasteiger partial charge in [0.15, 0.2) is 0 Å². The third-order valence-corrected chi connectivity index (χ3v) is 4.48. The molecule has 1 aliphatic rings. The summed E-state index contributed by atoms with van der Waals surface area (Å²) in [4.78, 5) is 12.4. The van der Waals surface area contributed by atoms with E-state index >= 15 is 0 Å². The summed E-state index contributed by atoms with van der Waals surface area (Å²) < 4.78 is 0. The number of allylic oxidation sites excluding steroid dienone is 1. The lowest BCUT2D eigenvalue weighted by Crippen LogP contribution is -2.40. The predicted molar refractivity (Wildman–Crippen MR) is 96.3 cm³/mol. The van der Waals surface area contributed by atoms with Crippen LogP contribution in [0.25, 0.3) is 6.08 Å². The molecule has 1 aliphatic heterocycles. The molecule has 0 N–H and O–H groups in total. The summed E-state index contributed by atoms with van der Waals surface area (Å²) in [5.41, 5.74) is 1.05. The fourth-order valence-corrected chi connectivity index (χ4v) is 3.09. The van der Waals surface area contributed by atoms with Crippen LogP contribution in [0.15, 0.2) is 36.4 Å². The lowest BCUT2D eigenvalue weighted by Gasteiger charge is -2.36. The Hall–Kier alpha value is -1.12. The minimum atomic E-state index is 0.755. The Bertz CT molecular complexity index is 432. The van der Waals surface area contributed by atoms with E-state index in [0.717, 1.165) is 36.1 Å². The van der Waals surface area contributed by atoms with E-state index in [1.807, 2.05) is 30.3 Å². The molecule has 0 spiro atoms. The molecule has 1 aromatic carbocycles. The van der Waals surface area contributed by atoms with Crippen molar-refractivity contribution >= 4 is 24.0 Å². The van der Waals surface area contributed by atoms with Gasteiger partial charge in [0, 0.05) is 18.5 Å². The Morgan fingerprint density at radius 3 is 2.55 bits per heavy atom. The van der Waals surface area contributed by atoms with E-state index in [1.165, 1.54) is 31.9 Å². The first kappa shape index (κ1) is 18.9. The molecule has 22 heavy (non-hydrogen) atoms. The van der Waals surface area contributed by atoms with Crippen molar-refractivity contribution in [3.63, 3.8) is 0 Å². The number of likely N-dealkylation sites (tertiary alicyclic amines) is 1.